The summed E-state index contributed by atoms with van der Waals surface area (Å²) in [6.07, 6.45) is 2.34. The number of carboxylic acids is 1. The topological polar surface area (TPSA) is 118 Å². The molecule has 0 aromatic heterocycles. The maximum absolute atomic E-state index is 10.2. The van der Waals surface area contributed by atoms with Crippen LogP contribution in [0.15, 0.2) is 91.0 Å². The summed E-state index contributed by atoms with van der Waals surface area (Å²) in [4.78, 5) is 30.5. The molecule has 0 aliphatic carbocycles. The SMILES string of the molecule is CCCC(O)C(CC)CO.O=C(O)c1ccccc1.O[PH](O)(c1ccccc1)c1ccccc1. The van der Waals surface area contributed by atoms with Crippen LogP contribution in [0.3, 0.4) is 0 Å². The Morgan fingerprint density at radius 1 is 0.794 bits per heavy atom. The van der Waals surface area contributed by atoms with Crippen molar-refractivity contribution in [3.63, 3.8) is 0 Å². The summed E-state index contributed by atoms with van der Waals surface area (Å²) in [7, 11) is -3.46. The summed E-state index contributed by atoms with van der Waals surface area (Å²) in [6.45, 7) is 4.13. The van der Waals surface area contributed by atoms with E-state index in [1.54, 1.807) is 54.6 Å². The van der Waals surface area contributed by atoms with E-state index in [0.717, 1.165) is 19.3 Å². The second-order valence-electron chi connectivity index (χ2n) is 7.78. The van der Waals surface area contributed by atoms with Gasteiger partial charge in [-0.2, -0.15) is 0 Å². The summed E-state index contributed by atoms with van der Waals surface area (Å²) < 4.78 is 0. The number of benzene rings is 3. The zero-order valence-corrected chi connectivity index (χ0v) is 20.8. The Balaban J connectivity index is 0.000000268. The van der Waals surface area contributed by atoms with Crippen LogP contribution in [-0.4, -0.2) is 43.8 Å². The molecule has 0 heterocycles. The summed E-state index contributed by atoms with van der Waals surface area (Å²) in [5.74, 6) is -0.796. The molecule has 0 saturated carbocycles. The Hall–Kier alpha value is -2.60. The van der Waals surface area contributed by atoms with Crippen LogP contribution < -0.4 is 10.6 Å². The fourth-order valence-corrected chi connectivity index (χ4v) is 4.79. The average molecular weight is 489 g/mol. The fraction of sp³-hybridized carbons (Fsp3) is 0.296. The van der Waals surface area contributed by atoms with Crippen LogP contribution in [0.4, 0.5) is 0 Å². The molecule has 3 rings (SSSR count). The van der Waals surface area contributed by atoms with E-state index in [9.17, 15) is 19.7 Å². The molecule has 0 radical (unpaired) electrons. The molecule has 6 nitrogen and oxygen atoms in total. The molecular weight excluding hydrogens is 451 g/mol. The summed E-state index contributed by atoms with van der Waals surface area (Å²) >= 11 is 0. The molecule has 0 fully saturated rings. The van der Waals surface area contributed by atoms with Gasteiger partial charge in [0.2, 0.25) is 0 Å². The van der Waals surface area contributed by atoms with Gasteiger partial charge in [-0.05, 0) is 25.0 Å². The van der Waals surface area contributed by atoms with Gasteiger partial charge < -0.3 is 15.3 Å². The molecule has 3 aromatic rings. The molecule has 2 unspecified atom stereocenters. The van der Waals surface area contributed by atoms with Crippen molar-refractivity contribution in [3.05, 3.63) is 96.6 Å². The van der Waals surface area contributed by atoms with Gasteiger partial charge in [0, 0.05) is 12.5 Å². The van der Waals surface area contributed by atoms with E-state index in [-0.39, 0.29) is 18.6 Å². The van der Waals surface area contributed by atoms with Crippen molar-refractivity contribution >= 4 is 24.3 Å². The predicted octanol–water partition coefficient (Wildman–Crippen LogP) is 3.75. The van der Waals surface area contributed by atoms with Gasteiger partial charge in [0.05, 0.1) is 11.7 Å². The van der Waals surface area contributed by atoms with Crippen LogP contribution in [0.5, 0.6) is 0 Å². The molecular formula is C27H37O6P. The average Bonchev–Trinajstić information content (AvgIpc) is 2.87. The summed E-state index contributed by atoms with van der Waals surface area (Å²) in [6, 6.07) is 26.3. The van der Waals surface area contributed by atoms with Gasteiger partial charge in [-0.15, -0.1) is 0 Å². The van der Waals surface area contributed by atoms with Gasteiger partial charge >= 0.3 is 94.7 Å². The number of aliphatic hydroxyl groups excluding tert-OH is 2. The number of carbonyl (C=O) groups is 1. The van der Waals surface area contributed by atoms with Crippen LogP contribution >= 0.6 is 7.72 Å². The Morgan fingerprint density at radius 2 is 1.21 bits per heavy atom. The number of hydrogen-bond donors (Lipinski definition) is 5. The molecule has 7 heteroatoms. The van der Waals surface area contributed by atoms with Crippen LogP contribution in [0.25, 0.3) is 0 Å². The maximum atomic E-state index is 10.2. The van der Waals surface area contributed by atoms with Crippen LogP contribution in [0.1, 0.15) is 43.5 Å². The minimum absolute atomic E-state index is 0.0833. The van der Waals surface area contributed by atoms with Crippen molar-refractivity contribution < 1.29 is 29.9 Å². The molecule has 0 aliphatic heterocycles. The Labute approximate surface area is 202 Å². The van der Waals surface area contributed by atoms with E-state index in [0.29, 0.717) is 16.2 Å². The molecule has 0 spiro atoms. The Bertz CT molecular complexity index is 874. The first-order chi connectivity index (χ1) is 16.3. The van der Waals surface area contributed by atoms with Crippen molar-refractivity contribution in [1.82, 2.24) is 0 Å². The first kappa shape index (κ1) is 29.4. The fourth-order valence-electron chi connectivity index (χ4n) is 3.14. The van der Waals surface area contributed by atoms with Gasteiger partial charge in [-0.1, -0.05) is 38.5 Å². The van der Waals surface area contributed by atoms with Gasteiger partial charge in [0.25, 0.3) is 0 Å². The number of carboxylic acid groups (broad SMARTS) is 1. The second-order valence-corrected chi connectivity index (χ2v) is 10.3. The van der Waals surface area contributed by atoms with E-state index in [1.165, 1.54) is 0 Å². The van der Waals surface area contributed by atoms with Crippen molar-refractivity contribution in [3.8, 4) is 0 Å². The number of aromatic carboxylic acids is 1. The monoisotopic (exact) mass is 488 g/mol. The van der Waals surface area contributed by atoms with E-state index in [2.05, 4.69) is 0 Å². The quantitative estimate of drug-likeness (QED) is 0.308. The van der Waals surface area contributed by atoms with Gasteiger partial charge in [-0.3, -0.25) is 0 Å². The van der Waals surface area contributed by atoms with Crippen LogP contribution in [-0.2, 0) is 0 Å². The van der Waals surface area contributed by atoms with Crippen molar-refractivity contribution in [2.24, 2.45) is 5.92 Å². The molecule has 2 atom stereocenters. The third-order valence-corrected chi connectivity index (χ3v) is 7.54. The van der Waals surface area contributed by atoms with Crippen molar-refractivity contribution in [1.29, 1.82) is 0 Å². The normalized spacial score (nSPS) is 12.8. The minimum atomic E-state index is -3.46. The summed E-state index contributed by atoms with van der Waals surface area (Å²) in [5, 5.41) is 27.7. The van der Waals surface area contributed by atoms with Crippen LogP contribution in [0, 0.1) is 5.92 Å². The zero-order valence-electron chi connectivity index (χ0n) is 19.8. The van der Waals surface area contributed by atoms with Crippen molar-refractivity contribution in [2.75, 3.05) is 6.61 Å². The van der Waals surface area contributed by atoms with Crippen LogP contribution in [0.2, 0.25) is 0 Å². The molecule has 186 valence electrons. The van der Waals surface area contributed by atoms with E-state index < -0.39 is 13.7 Å². The first-order valence-corrected chi connectivity index (χ1v) is 13.3. The Morgan fingerprint density at radius 3 is 1.50 bits per heavy atom. The number of rotatable bonds is 8. The van der Waals surface area contributed by atoms with Crippen molar-refractivity contribution in [2.45, 2.75) is 39.2 Å². The van der Waals surface area contributed by atoms with Gasteiger partial charge in [0.1, 0.15) is 0 Å². The predicted molar refractivity (Wildman–Crippen MR) is 140 cm³/mol. The summed E-state index contributed by atoms with van der Waals surface area (Å²) in [5.41, 5.74) is 0.331. The van der Waals surface area contributed by atoms with Gasteiger partial charge in [-0.25, -0.2) is 4.79 Å². The molecule has 5 N–H and O–H groups in total. The van der Waals surface area contributed by atoms with Gasteiger partial charge in [0.15, 0.2) is 0 Å². The zero-order chi connectivity index (χ0) is 25.4. The molecule has 0 amide bonds. The third-order valence-electron chi connectivity index (χ3n) is 5.26. The third kappa shape index (κ3) is 10.1. The number of hydrogen-bond acceptors (Lipinski definition) is 5. The molecule has 0 bridgehead atoms. The molecule has 0 aliphatic rings. The molecule has 3 aromatic carbocycles. The Kier molecular flexibility index (Phi) is 13.9. The second kappa shape index (κ2) is 16.1. The van der Waals surface area contributed by atoms with E-state index in [1.807, 2.05) is 50.2 Å². The first-order valence-electron chi connectivity index (χ1n) is 11.4. The number of aliphatic hydroxyl groups is 2. The standard InChI is InChI=1S/C12H13O2P.C8H18O2.C7H6O2/c13-15(14,11-7-3-1-4-8-11)12-9-5-2-6-10-12;1-3-5-8(10)7(4-2)6-9;8-7(9)6-4-2-1-3-5-6/h1-10,13-15H;7-10H,3-6H2,1-2H3;1-5H,(H,8,9). The molecule has 0 saturated heterocycles. The van der Waals surface area contributed by atoms with E-state index >= 15 is 0 Å². The molecule has 34 heavy (non-hydrogen) atoms. The van der Waals surface area contributed by atoms with E-state index in [4.69, 9.17) is 10.2 Å².